The van der Waals surface area contributed by atoms with Gasteiger partial charge in [0.05, 0.1) is 19.3 Å². The van der Waals surface area contributed by atoms with Crippen molar-refractivity contribution < 1.29 is 27.3 Å². The summed E-state index contributed by atoms with van der Waals surface area (Å²) in [7, 11) is -4.50. The summed E-state index contributed by atoms with van der Waals surface area (Å²) in [5, 5.41) is 10.8. The van der Waals surface area contributed by atoms with Gasteiger partial charge < -0.3 is 14.8 Å². The molecule has 0 amide bonds. The van der Waals surface area contributed by atoms with Crippen LogP contribution in [0, 0.1) is 0 Å². The lowest BCUT2D eigenvalue weighted by Gasteiger charge is -2.16. The van der Waals surface area contributed by atoms with Gasteiger partial charge in [0.25, 0.3) is 0 Å². The fourth-order valence-electron chi connectivity index (χ4n) is 1.02. The smallest absolute Gasteiger partial charge is 0.363 e. The first-order valence-corrected chi connectivity index (χ1v) is 5.88. The predicted molar refractivity (Wildman–Crippen MR) is 55.9 cm³/mol. The molecule has 1 rings (SSSR count). The summed E-state index contributed by atoms with van der Waals surface area (Å²) in [6.45, 7) is -0.494. The number of aliphatic carboxylic acids is 1. The highest BCUT2D eigenvalue weighted by atomic mass is 32.2. The molecule has 10 heteroatoms. The van der Waals surface area contributed by atoms with E-state index in [1.54, 1.807) is 0 Å². The maximum absolute atomic E-state index is 11.0. The highest BCUT2D eigenvalue weighted by Crippen LogP contribution is 2.12. The summed E-state index contributed by atoms with van der Waals surface area (Å²) < 4.78 is 36.1. The lowest BCUT2D eigenvalue weighted by atomic mass is 10.5. The van der Waals surface area contributed by atoms with E-state index in [1.165, 1.54) is 6.20 Å². The van der Waals surface area contributed by atoms with Crippen LogP contribution in [-0.4, -0.2) is 48.7 Å². The van der Waals surface area contributed by atoms with E-state index >= 15 is 0 Å². The lowest BCUT2D eigenvalue weighted by Crippen LogP contribution is -2.38. The first kappa shape index (κ1) is 13.4. The van der Waals surface area contributed by atoms with Gasteiger partial charge in [0, 0.05) is 6.54 Å². The van der Waals surface area contributed by atoms with Gasteiger partial charge in [-0.2, -0.15) is 12.7 Å². The molecule has 17 heavy (non-hydrogen) atoms. The van der Waals surface area contributed by atoms with Crippen molar-refractivity contribution in [2.24, 2.45) is 0 Å². The Hall–Kier alpha value is -1.65. The fourth-order valence-corrected chi connectivity index (χ4v) is 1.63. The Bertz CT molecular complexity index is 456. The molecule has 1 heterocycles. The third-order valence-electron chi connectivity index (χ3n) is 1.68. The van der Waals surface area contributed by atoms with Crippen molar-refractivity contribution in [1.82, 2.24) is 10.3 Å². The number of carboxylic acid groups (broad SMARTS) is 1. The molecule has 1 aromatic rings. The van der Waals surface area contributed by atoms with Gasteiger partial charge in [0.2, 0.25) is 0 Å². The Kier molecular flexibility index (Phi) is 4.43. The molecule has 0 spiro atoms. The van der Waals surface area contributed by atoms with Gasteiger partial charge in [-0.25, -0.2) is 4.98 Å². The highest BCUT2D eigenvalue weighted by Gasteiger charge is 2.22. The summed E-state index contributed by atoms with van der Waals surface area (Å²) in [6, 6.07) is -0.287. The molecule has 0 bridgehead atoms. The van der Waals surface area contributed by atoms with E-state index in [4.69, 9.17) is 14.1 Å². The Labute approximate surface area is 96.9 Å². The summed E-state index contributed by atoms with van der Waals surface area (Å²) >= 11 is 0. The van der Waals surface area contributed by atoms with Gasteiger partial charge in [0.15, 0.2) is 0 Å². The van der Waals surface area contributed by atoms with Crippen LogP contribution in [0.3, 0.4) is 0 Å². The number of carbonyl (C=O) groups is 1. The zero-order valence-corrected chi connectivity index (χ0v) is 9.42. The van der Waals surface area contributed by atoms with Gasteiger partial charge >= 0.3 is 22.3 Å². The molecule has 0 atom stereocenters. The molecule has 1 aromatic heterocycles. The first-order valence-electron chi connectivity index (χ1n) is 4.48. The molecule has 96 valence electrons. The zero-order valence-electron chi connectivity index (χ0n) is 8.61. The largest absolute Gasteiger partial charge is 0.480 e. The van der Waals surface area contributed by atoms with E-state index in [9.17, 15) is 13.2 Å². The van der Waals surface area contributed by atoms with Gasteiger partial charge in [0.1, 0.15) is 6.26 Å². The molecule has 3 N–H and O–H groups in total. The van der Waals surface area contributed by atoms with E-state index in [1.807, 2.05) is 0 Å². The number of anilines is 1. The average Bonchev–Trinajstić information content (AvgIpc) is 2.67. The van der Waals surface area contributed by atoms with Crippen molar-refractivity contribution >= 4 is 22.3 Å². The van der Waals surface area contributed by atoms with Crippen molar-refractivity contribution in [2.75, 3.05) is 23.9 Å². The highest BCUT2D eigenvalue weighted by molar-refractivity contribution is 7.87. The third-order valence-corrected chi connectivity index (χ3v) is 2.57. The Balaban J connectivity index is 2.58. The standard InChI is InChI=1S/C7H11N3O6S/c11-6(12)5-8-1-3-10(17(13,14)15)7-9-2-4-16-7/h2,4,8H,1,3,5H2,(H,11,12)(H,13,14,15). The van der Waals surface area contributed by atoms with Crippen LogP contribution in [0.2, 0.25) is 0 Å². The van der Waals surface area contributed by atoms with E-state index in [0.717, 1.165) is 6.26 Å². The summed E-state index contributed by atoms with van der Waals surface area (Å²) in [5.41, 5.74) is 0. The maximum atomic E-state index is 11.0. The Morgan fingerprint density at radius 3 is 2.76 bits per heavy atom. The monoisotopic (exact) mass is 265 g/mol. The normalized spacial score (nSPS) is 11.4. The van der Waals surface area contributed by atoms with Crippen molar-refractivity contribution in [3.8, 4) is 0 Å². The number of hydrogen-bond donors (Lipinski definition) is 3. The van der Waals surface area contributed by atoms with Crippen molar-refractivity contribution in [2.45, 2.75) is 0 Å². The van der Waals surface area contributed by atoms with Crippen molar-refractivity contribution in [3.63, 3.8) is 0 Å². The van der Waals surface area contributed by atoms with E-state index in [-0.39, 0.29) is 25.6 Å². The van der Waals surface area contributed by atoms with Crippen LogP contribution >= 0.6 is 0 Å². The quantitative estimate of drug-likeness (QED) is 0.420. The molecule has 9 nitrogen and oxygen atoms in total. The van der Waals surface area contributed by atoms with Crippen LogP contribution in [-0.2, 0) is 15.1 Å². The van der Waals surface area contributed by atoms with Gasteiger partial charge in [-0.05, 0) is 0 Å². The van der Waals surface area contributed by atoms with Crippen LogP contribution in [0.25, 0.3) is 0 Å². The molecular weight excluding hydrogens is 254 g/mol. The molecule has 0 aliphatic carbocycles. The second kappa shape index (κ2) is 5.61. The minimum Gasteiger partial charge on any atom is -0.480 e. The summed E-state index contributed by atoms with van der Waals surface area (Å²) in [4.78, 5) is 13.8. The molecule has 0 aliphatic heterocycles. The number of nitrogens with one attached hydrogen (secondary N) is 1. The minimum atomic E-state index is -4.50. The number of hydrogen-bond acceptors (Lipinski definition) is 6. The Morgan fingerprint density at radius 2 is 2.29 bits per heavy atom. The van der Waals surface area contributed by atoms with Gasteiger partial charge in [-0.15, -0.1) is 0 Å². The predicted octanol–water partition coefficient (Wildman–Crippen LogP) is -1.04. The van der Waals surface area contributed by atoms with E-state index in [2.05, 4.69) is 10.3 Å². The molecular formula is C7H11N3O6S. The summed E-state index contributed by atoms with van der Waals surface area (Å²) in [6.07, 6.45) is 2.37. The van der Waals surface area contributed by atoms with Gasteiger partial charge in [-0.3, -0.25) is 9.35 Å². The van der Waals surface area contributed by atoms with Crippen LogP contribution in [0.1, 0.15) is 0 Å². The average molecular weight is 265 g/mol. The zero-order chi connectivity index (χ0) is 12.9. The summed E-state index contributed by atoms with van der Waals surface area (Å²) in [5.74, 6) is -1.07. The lowest BCUT2D eigenvalue weighted by molar-refractivity contribution is -0.135. The maximum Gasteiger partial charge on any atom is 0.363 e. The van der Waals surface area contributed by atoms with Crippen LogP contribution in [0.15, 0.2) is 16.9 Å². The number of aromatic nitrogens is 1. The van der Waals surface area contributed by atoms with Crippen LogP contribution in [0.4, 0.5) is 6.01 Å². The molecule has 0 saturated carbocycles. The Morgan fingerprint density at radius 1 is 1.59 bits per heavy atom. The molecule has 0 aromatic carbocycles. The topological polar surface area (TPSA) is 133 Å². The molecule has 0 aliphatic rings. The van der Waals surface area contributed by atoms with E-state index in [0.29, 0.717) is 4.31 Å². The molecule has 0 fully saturated rings. The minimum absolute atomic E-state index is 0.0223. The first-order chi connectivity index (χ1) is 7.91. The fraction of sp³-hybridized carbons (Fsp3) is 0.429. The second-order valence-corrected chi connectivity index (χ2v) is 4.27. The molecule has 0 saturated heterocycles. The SMILES string of the molecule is O=C(O)CNCCN(c1ncco1)S(=O)(=O)O. The second-order valence-electron chi connectivity index (χ2n) is 2.94. The number of carboxylic acids is 1. The van der Waals surface area contributed by atoms with Crippen LogP contribution in [0.5, 0.6) is 0 Å². The number of oxazole rings is 1. The number of rotatable bonds is 7. The number of nitrogens with zero attached hydrogens (tertiary/aromatic N) is 2. The van der Waals surface area contributed by atoms with E-state index < -0.39 is 16.3 Å². The van der Waals surface area contributed by atoms with Crippen molar-refractivity contribution in [3.05, 3.63) is 12.5 Å². The van der Waals surface area contributed by atoms with Crippen LogP contribution < -0.4 is 9.62 Å². The molecule has 0 unspecified atom stereocenters. The third kappa shape index (κ3) is 4.38. The molecule has 0 radical (unpaired) electrons. The van der Waals surface area contributed by atoms with Gasteiger partial charge in [-0.1, -0.05) is 0 Å². The van der Waals surface area contributed by atoms with Crippen molar-refractivity contribution in [1.29, 1.82) is 0 Å².